The monoisotopic (exact) mass is 403 g/mol. The van der Waals surface area contributed by atoms with Crippen LogP contribution < -0.4 is 10.1 Å². The van der Waals surface area contributed by atoms with Crippen LogP contribution in [0.3, 0.4) is 0 Å². The first-order valence-corrected chi connectivity index (χ1v) is 9.85. The minimum absolute atomic E-state index is 0.350. The molecule has 0 aliphatic rings. The SMILES string of the molecule is CC(C)c1ccc(C(=O)OCC(=O)Nc2ccc(OCc3ccccc3)cc2)cc1. The standard InChI is InChI=1S/C25H25NO4/c1-18(2)20-8-10-21(11-9-20)25(28)30-17-24(27)26-22-12-14-23(15-13-22)29-16-19-6-4-3-5-7-19/h3-15,18H,16-17H2,1-2H3,(H,26,27). The summed E-state index contributed by atoms with van der Waals surface area (Å²) in [4.78, 5) is 24.2. The van der Waals surface area contributed by atoms with E-state index in [4.69, 9.17) is 9.47 Å². The maximum absolute atomic E-state index is 12.1. The fourth-order valence-electron chi connectivity index (χ4n) is 2.79. The molecule has 0 aliphatic carbocycles. The summed E-state index contributed by atoms with van der Waals surface area (Å²) in [7, 11) is 0. The van der Waals surface area contributed by atoms with Gasteiger partial charge in [0.2, 0.25) is 0 Å². The molecule has 30 heavy (non-hydrogen) atoms. The molecule has 0 radical (unpaired) electrons. The van der Waals surface area contributed by atoms with Gasteiger partial charge in [-0.1, -0.05) is 56.3 Å². The summed E-state index contributed by atoms with van der Waals surface area (Å²) in [6.07, 6.45) is 0. The summed E-state index contributed by atoms with van der Waals surface area (Å²) in [5.41, 5.74) is 3.24. The molecule has 0 bridgehead atoms. The van der Waals surface area contributed by atoms with Crippen molar-refractivity contribution in [1.29, 1.82) is 0 Å². The van der Waals surface area contributed by atoms with Gasteiger partial charge in [-0.15, -0.1) is 0 Å². The van der Waals surface area contributed by atoms with E-state index in [1.807, 2.05) is 42.5 Å². The molecular formula is C25H25NO4. The molecule has 1 amide bonds. The Morgan fingerprint density at radius 2 is 1.53 bits per heavy atom. The highest BCUT2D eigenvalue weighted by molar-refractivity contribution is 5.95. The zero-order valence-corrected chi connectivity index (χ0v) is 17.1. The fourth-order valence-corrected chi connectivity index (χ4v) is 2.79. The van der Waals surface area contributed by atoms with Gasteiger partial charge in [0, 0.05) is 5.69 Å². The predicted octanol–water partition coefficient (Wildman–Crippen LogP) is 5.18. The van der Waals surface area contributed by atoms with E-state index >= 15 is 0 Å². The maximum atomic E-state index is 12.1. The van der Waals surface area contributed by atoms with Gasteiger partial charge in [0.25, 0.3) is 5.91 Å². The summed E-state index contributed by atoms with van der Waals surface area (Å²) < 4.78 is 10.8. The van der Waals surface area contributed by atoms with Crippen molar-refractivity contribution >= 4 is 17.6 Å². The van der Waals surface area contributed by atoms with E-state index in [1.165, 1.54) is 0 Å². The first-order valence-electron chi connectivity index (χ1n) is 9.85. The van der Waals surface area contributed by atoms with Crippen molar-refractivity contribution in [1.82, 2.24) is 0 Å². The molecule has 154 valence electrons. The van der Waals surface area contributed by atoms with Crippen LogP contribution in [0.2, 0.25) is 0 Å². The second-order valence-corrected chi connectivity index (χ2v) is 7.20. The lowest BCUT2D eigenvalue weighted by atomic mass is 10.0. The Bertz CT molecular complexity index is 964. The van der Waals surface area contributed by atoms with Crippen molar-refractivity contribution in [2.24, 2.45) is 0 Å². The number of hydrogen-bond acceptors (Lipinski definition) is 4. The van der Waals surface area contributed by atoms with Crippen LogP contribution in [0, 0.1) is 0 Å². The Balaban J connectivity index is 1.44. The normalized spacial score (nSPS) is 10.5. The molecular weight excluding hydrogens is 378 g/mol. The third kappa shape index (κ3) is 6.21. The highest BCUT2D eigenvalue weighted by Gasteiger charge is 2.11. The van der Waals surface area contributed by atoms with E-state index in [-0.39, 0.29) is 6.61 Å². The van der Waals surface area contributed by atoms with Crippen molar-refractivity contribution in [3.63, 3.8) is 0 Å². The smallest absolute Gasteiger partial charge is 0.338 e. The van der Waals surface area contributed by atoms with E-state index in [0.717, 1.165) is 11.1 Å². The molecule has 3 aromatic carbocycles. The van der Waals surface area contributed by atoms with Crippen LogP contribution in [-0.4, -0.2) is 18.5 Å². The van der Waals surface area contributed by atoms with Crippen molar-refractivity contribution in [3.05, 3.63) is 95.6 Å². The van der Waals surface area contributed by atoms with E-state index in [9.17, 15) is 9.59 Å². The summed E-state index contributed by atoms with van der Waals surface area (Å²) in [6.45, 7) is 4.29. The lowest BCUT2D eigenvalue weighted by molar-refractivity contribution is -0.119. The average Bonchev–Trinajstić information content (AvgIpc) is 2.78. The second-order valence-electron chi connectivity index (χ2n) is 7.20. The number of hydrogen-bond donors (Lipinski definition) is 1. The number of benzene rings is 3. The number of amides is 1. The quantitative estimate of drug-likeness (QED) is 0.526. The molecule has 0 heterocycles. The molecule has 1 N–H and O–H groups in total. The molecule has 0 aliphatic heterocycles. The maximum Gasteiger partial charge on any atom is 0.338 e. The summed E-state index contributed by atoms with van der Waals surface area (Å²) in [5, 5.41) is 2.70. The van der Waals surface area contributed by atoms with Crippen LogP contribution in [-0.2, 0) is 16.1 Å². The summed E-state index contributed by atoms with van der Waals surface area (Å²) in [5.74, 6) is 0.161. The lowest BCUT2D eigenvalue weighted by Gasteiger charge is -2.09. The number of esters is 1. The highest BCUT2D eigenvalue weighted by Crippen LogP contribution is 2.18. The summed E-state index contributed by atoms with van der Waals surface area (Å²) in [6, 6.07) is 24.1. The van der Waals surface area contributed by atoms with Gasteiger partial charge >= 0.3 is 5.97 Å². The number of carbonyl (C=O) groups excluding carboxylic acids is 2. The minimum Gasteiger partial charge on any atom is -0.489 e. The molecule has 5 heteroatoms. The van der Waals surface area contributed by atoms with Crippen LogP contribution in [0.5, 0.6) is 5.75 Å². The second kappa shape index (κ2) is 10.3. The van der Waals surface area contributed by atoms with Gasteiger partial charge in [0.05, 0.1) is 5.56 Å². The molecule has 3 aromatic rings. The first kappa shape index (κ1) is 21.1. The van der Waals surface area contributed by atoms with E-state index in [2.05, 4.69) is 19.2 Å². The van der Waals surface area contributed by atoms with Gasteiger partial charge in [0.1, 0.15) is 12.4 Å². The Labute approximate surface area is 176 Å². The van der Waals surface area contributed by atoms with E-state index in [1.54, 1.807) is 36.4 Å². The van der Waals surface area contributed by atoms with Crippen LogP contribution >= 0.6 is 0 Å². The van der Waals surface area contributed by atoms with E-state index in [0.29, 0.717) is 29.5 Å². The van der Waals surface area contributed by atoms with Crippen molar-refractivity contribution < 1.29 is 19.1 Å². The van der Waals surface area contributed by atoms with Crippen LogP contribution in [0.15, 0.2) is 78.9 Å². The largest absolute Gasteiger partial charge is 0.489 e. The molecule has 0 fully saturated rings. The number of anilines is 1. The minimum atomic E-state index is -0.523. The molecule has 0 saturated heterocycles. The highest BCUT2D eigenvalue weighted by atomic mass is 16.5. The van der Waals surface area contributed by atoms with Gasteiger partial charge in [-0.2, -0.15) is 0 Å². The Hall–Kier alpha value is -3.60. The third-order valence-corrected chi connectivity index (χ3v) is 4.53. The summed E-state index contributed by atoms with van der Waals surface area (Å²) >= 11 is 0. The number of ether oxygens (including phenoxy) is 2. The Morgan fingerprint density at radius 3 is 2.17 bits per heavy atom. The van der Waals surface area contributed by atoms with Crippen molar-refractivity contribution in [3.8, 4) is 5.75 Å². The van der Waals surface area contributed by atoms with Gasteiger partial charge in [-0.3, -0.25) is 4.79 Å². The van der Waals surface area contributed by atoms with Crippen molar-refractivity contribution in [2.45, 2.75) is 26.4 Å². The fraction of sp³-hybridized carbons (Fsp3) is 0.200. The molecule has 5 nitrogen and oxygen atoms in total. The number of carbonyl (C=O) groups is 2. The van der Waals surface area contributed by atoms with Crippen molar-refractivity contribution in [2.75, 3.05) is 11.9 Å². The Morgan fingerprint density at radius 1 is 0.867 bits per heavy atom. The molecule has 0 spiro atoms. The molecule has 0 unspecified atom stereocenters. The predicted molar refractivity (Wildman–Crippen MR) is 117 cm³/mol. The average molecular weight is 403 g/mol. The van der Waals surface area contributed by atoms with Crippen LogP contribution in [0.4, 0.5) is 5.69 Å². The molecule has 0 saturated carbocycles. The van der Waals surface area contributed by atoms with E-state index < -0.39 is 11.9 Å². The molecule has 0 atom stereocenters. The zero-order chi connectivity index (χ0) is 21.3. The van der Waals surface area contributed by atoms with Gasteiger partial charge in [-0.25, -0.2) is 4.79 Å². The van der Waals surface area contributed by atoms with Gasteiger partial charge in [-0.05, 0) is 53.4 Å². The van der Waals surface area contributed by atoms with Gasteiger partial charge < -0.3 is 14.8 Å². The topological polar surface area (TPSA) is 64.6 Å². The molecule has 3 rings (SSSR count). The third-order valence-electron chi connectivity index (χ3n) is 4.53. The van der Waals surface area contributed by atoms with Crippen LogP contribution in [0.25, 0.3) is 0 Å². The molecule has 0 aromatic heterocycles. The van der Waals surface area contributed by atoms with Gasteiger partial charge in [0.15, 0.2) is 6.61 Å². The van der Waals surface area contributed by atoms with Crippen LogP contribution in [0.1, 0.15) is 41.3 Å². The Kier molecular flexibility index (Phi) is 7.22. The lowest BCUT2D eigenvalue weighted by Crippen LogP contribution is -2.20. The number of nitrogens with one attached hydrogen (secondary N) is 1. The number of rotatable bonds is 8. The first-order chi connectivity index (χ1) is 14.5. The zero-order valence-electron chi connectivity index (χ0n) is 17.1.